The molecule has 5 rings (SSSR count). The number of hydrogen-bond donors (Lipinski definition) is 1. The number of benzene rings is 1. The van der Waals surface area contributed by atoms with Crippen molar-refractivity contribution in [2.75, 3.05) is 31.3 Å². The summed E-state index contributed by atoms with van der Waals surface area (Å²) in [5.41, 5.74) is 0.691. The molecule has 9 nitrogen and oxygen atoms in total. The van der Waals surface area contributed by atoms with Gasteiger partial charge in [0.05, 0.1) is 5.92 Å². The molecule has 2 fully saturated rings. The number of rotatable bonds is 5. The summed E-state index contributed by atoms with van der Waals surface area (Å²) in [6.07, 6.45) is 1.25. The Morgan fingerprint density at radius 2 is 1.91 bits per heavy atom. The van der Waals surface area contributed by atoms with Crippen LogP contribution >= 0.6 is 11.3 Å². The predicted octanol–water partition coefficient (Wildman–Crippen LogP) is 1.80. The summed E-state index contributed by atoms with van der Waals surface area (Å²) < 4.78 is 38.6. The second kappa shape index (κ2) is 8.38. The van der Waals surface area contributed by atoms with Gasteiger partial charge in [-0.25, -0.2) is 13.1 Å². The fourth-order valence-corrected chi connectivity index (χ4v) is 6.66. The molecule has 1 aromatic heterocycles. The third kappa shape index (κ3) is 4.07. The molecule has 170 valence electrons. The lowest BCUT2D eigenvalue weighted by atomic mass is 10.0. The first-order valence-corrected chi connectivity index (χ1v) is 12.8. The highest BCUT2D eigenvalue weighted by atomic mass is 32.2. The number of carbonyl (C=O) groups excluding carboxylic acids is 2. The van der Waals surface area contributed by atoms with Gasteiger partial charge in [0.15, 0.2) is 11.5 Å². The number of amides is 2. The number of hydrogen-bond acceptors (Lipinski definition) is 7. The van der Waals surface area contributed by atoms with Crippen LogP contribution in [0.25, 0.3) is 0 Å². The van der Waals surface area contributed by atoms with Crippen molar-refractivity contribution in [2.45, 2.75) is 29.5 Å². The Morgan fingerprint density at radius 3 is 2.66 bits per heavy atom. The number of ether oxygens (including phenoxy) is 2. The first-order chi connectivity index (χ1) is 15.4. The number of likely N-dealkylation sites (tertiary alicyclic amines) is 1. The fraction of sp³-hybridized carbons (Fsp3) is 0.429. The number of sulfonamides is 1. The number of thiophene rings is 1. The number of nitrogens with zero attached hydrogens (tertiary/aromatic N) is 2. The zero-order valence-electron chi connectivity index (χ0n) is 17.2. The molecule has 1 atom stereocenters. The quantitative estimate of drug-likeness (QED) is 0.704. The average Bonchev–Trinajstić information content (AvgIpc) is 3.54. The largest absolute Gasteiger partial charge is 0.454 e. The molecule has 0 spiro atoms. The van der Waals surface area contributed by atoms with Gasteiger partial charge in [0, 0.05) is 43.9 Å². The highest BCUT2D eigenvalue weighted by Gasteiger charge is 2.38. The molecule has 0 radical (unpaired) electrons. The molecule has 1 N–H and O–H groups in total. The van der Waals surface area contributed by atoms with Gasteiger partial charge in [-0.3, -0.25) is 9.59 Å². The lowest BCUT2D eigenvalue weighted by molar-refractivity contribution is -0.136. The number of carbonyl (C=O) groups is 2. The minimum atomic E-state index is -3.52. The summed E-state index contributed by atoms with van der Waals surface area (Å²) >= 11 is 1.18. The molecule has 2 saturated heterocycles. The molecule has 32 heavy (non-hydrogen) atoms. The molecule has 0 aliphatic carbocycles. The van der Waals surface area contributed by atoms with Gasteiger partial charge in [-0.15, -0.1) is 11.3 Å². The third-order valence-electron chi connectivity index (χ3n) is 6.03. The first kappa shape index (κ1) is 21.2. The maximum atomic E-state index is 13.1. The van der Waals surface area contributed by atoms with Gasteiger partial charge in [-0.1, -0.05) is 6.07 Å². The van der Waals surface area contributed by atoms with Crippen LogP contribution < -0.4 is 19.1 Å². The first-order valence-electron chi connectivity index (χ1n) is 10.5. The van der Waals surface area contributed by atoms with Gasteiger partial charge in [-0.2, -0.15) is 0 Å². The Hall–Kier alpha value is -2.63. The van der Waals surface area contributed by atoms with Crippen molar-refractivity contribution in [3.8, 4) is 11.5 Å². The summed E-state index contributed by atoms with van der Waals surface area (Å²) in [6.45, 7) is 1.41. The molecule has 2 aromatic rings. The summed E-state index contributed by atoms with van der Waals surface area (Å²) in [7, 11) is -3.52. The van der Waals surface area contributed by atoms with E-state index in [1.165, 1.54) is 11.3 Å². The standard InChI is InChI=1S/C21H23N3O6S2/c25-19-10-14(12-24(19)16-3-4-17-18(11-16)30-13-29-17)21(26)23-7-5-15(6-8-23)22-32(27,28)20-2-1-9-31-20/h1-4,9,11,14-15,22H,5-8,10,12-13H2. The number of fused-ring (bicyclic) bond motifs is 1. The monoisotopic (exact) mass is 477 g/mol. The van der Waals surface area contributed by atoms with E-state index in [0.717, 1.165) is 0 Å². The SMILES string of the molecule is O=C(C1CC(=O)N(c2ccc3c(c2)OCO3)C1)N1CCC(NS(=O)(=O)c2cccs2)CC1. The molecule has 0 bridgehead atoms. The molecule has 4 heterocycles. The van der Waals surface area contributed by atoms with Crippen LogP contribution in [-0.4, -0.2) is 57.6 Å². The summed E-state index contributed by atoms with van der Waals surface area (Å²) in [5, 5.41) is 1.73. The van der Waals surface area contributed by atoms with Crippen molar-refractivity contribution in [3.63, 3.8) is 0 Å². The van der Waals surface area contributed by atoms with Crippen LogP contribution in [0.15, 0.2) is 39.9 Å². The molecule has 1 unspecified atom stereocenters. The van der Waals surface area contributed by atoms with Crippen molar-refractivity contribution in [3.05, 3.63) is 35.7 Å². The molecule has 0 saturated carbocycles. The Labute approximate surface area is 190 Å². The summed E-state index contributed by atoms with van der Waals surface area (Å²) in [4.78, 5) is 29.0. The second-order valence-electron chi connectivity index (χ2n) is 8.10. The number of piperidine rings is 1. The van der Waals surface area contributed by atoms with Crippen molar-refractivity contribution in [1.29, 1.82) is 0 Å². The van der Waals surface area contributed by atoms with E-state index >= 15 is 0 Å². The topological polar surface area (TPSA) is 105 Å². The zero-order valence-corrected chi connectivity index (χ0v) is 18.9. The summed E-state index contributed by atoms with van der Waals surface area (Å²) in [5.74, 6) is 0.678. The van der Waals surface area contributed by atoms with E-state index in [4.69, 9.17) is 9.47 Å². The number of anilines is 1. The van der Waals surface area contributed by atoms with E-state index in [0.29, 0.717) is 53.9 Å². The Bertz CT molecular complexity index is 1130. The molecule has 1 aromatic carbocycles. The summed E-state index contributed by atoms with van der Waals surface area (Å²) in [6, 6.07) is 8.40. The molecular weight excluding hydrogens is 454 g/mol. The lowest BCUT2D eigenvalue weighted by Crippen LogP contribution is -2.48. The Morgan fingerprint density at radius 1 is 1.12 bits per heavy atom. The molecule has 3 aliphatic heterocycles. The maximum absolute atomic E-state index is 13.1. The predicted molar refractivity (Wildman–Crippen MR) is 117 cm³/mol. The van der Waals surface area contributed by atoms with E-state index < -0.39 is 15.9 Å². The smallest absolute Gasteiger partial charge is 0.250 e. The van der Waals surface area contributed by atoms with Crippen molar-refractivity contribution >= 4 is 38.9 Å². The van der Waals surface area contributed by atoms with Crippen molar-refractivity contribution < 1.29 is 27.5 Å². The van der Waals surface area contributed by atoms with Gasteiger partial charge in [0.2, 0.25) is 28.6 Å². The average molecular weight is 478 g/mol. The van der Waals surface area contributed by atoms with Gasteiger partial charge >= 0.3 is 0 Å². The van der Waals surface area contributed by atoms with Crippen LogP contribution in [0.5, 0.6) is 11.5 Å². The van der Waals surface area contributed by atoms with Gasteiger partial charge in [-0.05, 0) is 36.4 Å². The lowest BCUT2D eigenvalue weighted by Gasteiger charge is -2.33. The fourth-order valence-electron chi connectivity index (χ4n) is 4.35. The molecule has 2 amide bonds. The van der Waals surface area contributed by atoms with Crippen LogP contribution in [0.3, 0.4) is 0 Å². The van der Waals surface area contributed by atoms with E-state index in [-0.39, 0.29) is 31.1 Å². The van der Waals surface area contributed by atoms with E-state index in [1.807, 2.05) is 0 Å². The second-order valence-corrected chi connectivity index (χ2v) is 11.0. The zero-order chi connectivity index (χ0) is 22.3. The minimum Gasteiger partial charge on any atom is -0.454 e. The van der Waals surface area contributed by atoms with Crippen LogP contribution in [0.1, 0.15) is 19.3 Å². The van der Waals surface area contributed by atoms with Crippen LogP contribution in [0.2, 0.25) is 0 Å². The highest BCUT2D eigenvalue weighted by Crippen LogP contribution is 2.37. The van der Waals surface area contributed by atoms with E-state index in [2.05, 4.69) is 4.72 Å². The van der Waals surface area contributed by atoms with Crippen LogP contribution in [-0.2, 0) is 19.6 Å². The van der Waals surface area contributed by atoms with Gasteiger partial charge in [0.25, 0.3) is 0 Å². The molecule has 3 aliphatic rings. The maximum Gasteiger partial charge on any atom is 0.250 e. The van der Waals surface area contributed by atoms with Crippen LogP contribution in [0, 0.1) is 5.92 Å². The Balaban J connectivity index is 1.17. The minimum absolute atomic E-state index is 0.0545. The highest BCUT2D eigenvalue weighted by molar-refractivity contribution is 7.91. The Kier molecular flexibility index (Phi) is 5.56. The normalized spacial score (nSPS) is 21.4. The third-order valence-corrected chi connectivity index (χ3v) is 8.95. The van der Waals surface area contributed by atoms with Crippen LogP contribution in [0.4, 0.5) is 5.69 Å². The van der Waals surface area contributed by atoms with E-state index in [9.17, 15) is 18.0 Å². The number of nitrogens with one attached hydrogen (secondary N) is 1. The van der Waals surface area contributed by atoms with Crippen molar-refractivity contribution in [1.82, 2.24) is 9.62 Å². The van der Waals surface area contributed by atoms with E-state index in [1.54, 1.807) is 45.5 Å². The molecule has 11 heteroatoms. The molecular formula is C21H23N3O6S2. The van der Waals surface area contributed by atoms with Gasteiger partial charge < -0.3 is 19.3 Å². The van der Waals surface area contributed by atoms with Crippen molar-refractivity contribution in [2.24, 2.45) is 5.92 Å². The van der Waals surface area contributed by atoms with Gasteiger partial charge in [0.1, 0.15) is 4.21 Å².